The van der Waals surface area contributed by atoms with Crippen LogP contribution < -0.4 is 9.47 Å². The number of hydrogen-bond donors (Lipinski definition) is 0. The summed E-state index contributed by atoms with van der Waals surface area (Å²) in [6.07, 6.45) is 0. The van der Waals surface area contributed by atoms with Crippen molar-refractivity contribution in [2.45, 2.75) is 6.92 Å². The molecule has 0 saturated heterocycles. The number of methoxy groups -OCH3 is 2. The molecule has 0 radical (unpaired) electrons. The zero-order valence-electron chi connectivity index (χ0n) is 10.1. The standard InChI is InChI=1S/C13H14O3S/c1-10(14)17-8-4-5-11-6-7-12(15-2)9-13(11)16-3/h6-7,9H,8H2,1-3H3. The van der Waals surface area contributed by atoms with Gasteiger partial charge in [-0.1, -0.05) is 23.6 Å². The molecule has 1 rings (SSSR count). The zero-order chi connectivity index (χ0) is 12.7. The number of rotatable bonds is 3. The molecule has 0 N–H and O–H groups in total. The highest BCUT2D eigenvalue weighted by molar-refractivity contribution is 8.13. The Morgan fingerprint density at radius 3 is 2.71 bits per heavy atom. The fraction of sp³-hybridized carbons (Fsp3) is 0.308. The van der Waals surface area contributed by atoms with Crippen molar-refractivity contribution in [2.75, 3.05) is 20.0 Å². The van der Waals surface area contributed by atoms with Gasteiger partial charge in [0.25, 0.3) is 0 Å². The number of hydrogen-bond acceptors (Lipinski definition) is 4. The fourth-order valence-corrected chi connectivity index (χ4v) is 1.52. The monoisotopic (exact) mass is 250 g/mol. The van der Waals surface area contributed by atoms with Crippen LogP contribution in [0, 0.1) is 11.8 Å². The van der Waals surface area contributed by atoms with Gasteiger partial charge in [-0.05, 0) is 12.1 Å². The van der Waals surface area contributed by atoms with Gasteiger partial charge >= 0.3 is 0 Å². The van der Waals surface area contributed by atoms with Crippen molar-refractivity contribution in [1.82, 2.24) is 0 Å². The molecular weight excluding hydrogens is 236 g/mol. The van der Waals surface area contributed by atoms with Crippen LogP contribution in [0.1, 0.15) is 12.5 Å². The lowest BCUT2D eigenvalue weighted by molar-refractivity contribution is -0.109. The van der Waals surface area contributed by atoms with E-state index >= 15 is 0 Å². The minimum atomic E-state index is 0.0704. The molecule has 0 atom stereocenters. The maximum atomic E-state index is 10.7. The van der Waals surface area contributed by atoms with Crippen molar-refractivity contribution in [2.24, 2.45) is 0 Å². The van der Waals surface area contributed by atoms with Crippen LogP contribution in [0.4, 0.5) is 0 Å². The molecule has 0 bridgehead atoms. The first kappa shape index (κ1) is 13.5. The topological polar surface area (TPSA) is 35.5 Å². The summed E-state index contributed by atoms with van der Waals surface area (Å²) in [5.41, 5.74) is 0.789. The first-order valence-corrected chi connectivity index (χ1v) is 6.00. The first-order valence-electron chi connectivity index (χ1n) is 5.01. The lowest BCUT2D eigenvalue weighted by atomic mass is 10.2. The highest BCUT2D eigenvalue weighted by Crippen LogP contribution is 2.23. The predicted molar refractivity (Wildman–Crippen MR) is 69.6 cm³/mol. The lowest BCUT2D eigenvalue weighted by Gasteiger charge is -2.05. The van der Waals surface area contributed by atoms with Gasteiger partial charge in [-0.15, -0.1) is 0 Å². The van der Waals surface area contributed by atoms with E-state index in [1.807, 2.05) is 12.1 Å². The largest absolute Gasteiger partial charge is 0.497 e. The van der Waals surface area contributed by atoms with Crippen LogP contribution in [0.5, 0.6) is 11.5 Å². The Labute approximate surface area is 105 Å². The summed E-state index contributed by atoms with van der Waals surface area (Å²) in [6, 6.07) is 5.44. The van der Waals surface area contributed by atoms with Crippen LogP contribution in [0.3, 0.4) is 0 Å². The van der Waals surface area contributed by atoms with E-state index in [0.717, 1.165) is 11.3 Å². The molecule has 0 spiro atoms. The van der Waals surface area contributed by atoms with Gasteiger partial charge in [-0.25, -0.2) is 0 Å². The summed E-state index contributed by atoms with van der Waals surface area (Å²) >= 11 is 1.19. The number of benzene rings is 1. The highest BCUT2D eigenvalue weighted by Gasteiger charge is 2.01. The van der Waals surface area contributed by atoms with Gasteiger partial charge in [0.1, 0.15) is 11.5 Å². The van der Waals surface area contributed by atoms with Crippen LogP contribution in [-0.4, -0.2) is 25.1 Å². The van der Waals surface area contributed by atoms with E-state index in [2.05, 4.69) is 11.8 Å². The van der Waals surface area contributed by atoms with Crippen molar-refractivity contribution in [3.63, 3.8) is 0 Å². The van der Waals surface area contributed by atoms with E-state index in [9.17, 15) is 4.79 Å². The van der Waals surface area contributed by atoms with Crippen LogP contribution in [0.2, 0.25) is 0 Å². The quantitative estimate of drug-likeness (QED) is 0.771. The van der Waals surface area contributed by atoms with Crippen LogP contribution >= 0.6 is 11.8 Å². The average molecular weight is 250 g/mol. The van der Waals surface area contributed by atoms with Crippen LogP contribution in [-0.2, 0) is 4.79 Å². The van der Waals surface area contributed by atoms with E-state index < -0.39 is 0 Å². The second-order valence-corrected chi connectivity index (χ2v) is 4.30. The van der Waals surface area contributed by atoms with E-state index in [4.69, 9.17) is 9.47 Å². The number of carbonyl (C=O) groups is 1. The van der Waals surface area contributed by atoms with Gasteiger partial charge in [0.15, 0.2) is 5.12 Å². The highest BCUT2D eigenvalue weighted by atomic mass is 32.2. The van der Waals surface area contributed by atoms with Gasteiger partial charge < -0.3 is 9.47 Å². The van der Waals surface area contributed by atoms with Gasteiger partial charge in [-0.3, -0.25) is 4.79 Å². The van der Waals surface area contributed by atoms with Crippen molar-refractivity contribution in [3.05, 3.63) is 23.8 Å². The Morgan fingerprint density at radius 2 is 2.12 bits per heavy atom. The molecule has 0 aliphatic heterocycles. The third kappa shape index (κ3) is 4.41. The molecule has 17 heavy (non-hydrogen) atoms. The molecule has 0 amide bonds. The third-order valence-corrected chi connectivity index (χ3v) is 2.67. The second-order valence-electron chi connectivity index (χ2n) is 3.15. The summed E-state index contributed by atoms with van der Waals surface area (Å²) in [6.45, 7) is 1.53. The molecule has 0 unspecified atom stereocenters. The Kier molecular flexibility index (Phi) is 5.44. The van der Waals surface area contributed by atoms with Crippen LogP contribution in [0.15, 0.2) is 18.2 Å². The maximum absolute atomic E-state index is 10.7. The van der Waals surface area contributed by atoms with Crippen molar-refractivity contribution < 1.29 is 14.3 Å². The Balaban J connectivity index is 2.79. The SMILES string of the molecule is COc1ccc(C#CCSC(C)=O)c(OC)c1. The summed E-state index contributed by atoms with van der Waals surface area (Å²) in [7, 11) is 3.19. The number of ether oxygens (including phenoxy) is 2. The smallest absolute Gasteiger partial charge is 0.186 e. The van der Waals surface area contributed by atoms with E-state index in [1.54, 1.807) is 20.3 Å². The van der Waals surface area contributed by atoms with Crippen molar-refractivity contribution in [1.29, 1.82) is 0 Å². The Hall–Kier alpha value is -1.60. The van der Waals surface area contributed by atoms with Crippen molar-refractivity contribution in [3.8, 4) is 23.3 Å². The van der Waals surface area contributed by atoms with E-state index in [-0.39, 0.29) is 5.12 Å². The van der Waals surface area contributed by atoms with Gasteiger partial charge in [0, 0.05) is 13.0 Å². The Morgan fingerprint density at radius 1 is 1.35 bits per heavy atom. The number of carbonyl (C=O) groups excluding carboxylic acids is 1. The summed E-state index contributed by atoms with van der Waals surface area (Å²) in [5.74, 6) is 7.77. The number of thioether (sulfide) groups is 1. The summed E-state index contributed by atoms with van der Waals surface area (Å²) in [4.78, 5) is 10.7. The predicted octanol–water partition coefficient (Wildman–Crippen LogP) is 2.33. The minimum Gasteiger partial charge on any atom is -0.497 e. The molecule has 0 aliphatic carbocycles. The second kappa shape index (κ2) is 6.87. The molecule has 4 heteroatoms. The molecule has 3 nitrogen and oxygen atoms in total. The molecule has 1 aromatic carbocycles. The first-order chi connectivity index (χ1) is 8.17. The molecular formula is C13H14O3S. The third-order valence-electron chi connectivity index (χ3n) is 1.98. The molecule has 1 aromatic rings. The maximum Gasteiger partial charge on any atom is 0.186 e. The summed E-state index contributed by atoms with van der Waals surface area (Å²) in [5, 5.41) is 0.0704. The minimum absolute atomic E-state index is 0.0704. The Bertz CT molecular complexity index is 457. The molecule has 0 heterocycles. The van der Waals surface area contributed by atoms with Crippen LogP contribution in [0.25, 0.3) is 0 Å². The normalized spacial score (nSPS) is 9.12. The molecule has 90 valence electrons. The molecule has 0 saturated carbocycles. The lowest BCUT2D eigenvalue weighted by Crippen LogP contribution is -1.90. The van der Waals surface area contributed by atoms with E-state index in [1.165, 1.54) is 18.7 Å². The molecule has 0 aromatic heterocycles. The molecule has 0 fully saturated rings. The zero-order valence-corrected chi connectivity index (χ0v) is 10.9. The van der Waals surface area contributed by atoms with Gasteiger partial charge in [-0.2, -0.15) is 0 Å². The molecule has 0 aliphatic rings. The van der Waals surface area contributed by atoms with Crippen molar-refractivity contribution >= 4 is 16.9 Å². The average Bonchev–Trinajstić information content (AvgIpc) is 2.34. The van der Waals surface area contributed by atoms with Gasteiger partial charge in [0.05, 0.1) is 25.5 Å². The summed E-state index contributed by atoms with van der Waals surface area (Å²) < 4.78 is 10.3. The van der Waals surface area contributed by atoms with E-state index in [0.29, 0.717) is 11.5 Å². The fourth-order valence-electron chi connectivity index (χ4n) is 1.17. The van der Waals surface area contributed by atoms with Gasteiger partial charge in [0.2, 0.25) is 0 Å².